The van der Waals surface area contributed by atoms with Crippen molar-refractivity contribution in [2.24, 2.45) is 11.3 Å². The van der Waals surface area contributed by atoms with Crippen LogP contribution in [-0.2, 0) is 15.0 Å². The maximum atomic E-state index is 13.1. The second kappa shape index (κ2) is 8.05. The number of benzene rings is 1. The molecule has 4 aliphatic rings. The fraction of sp³-hybridized carbons (Fsp3) is 0.583. The van der Waals surface area contributed by atoms with E-state index in [0.717, 1.165) is 44.3 Å². The van der Waals surface area contributed by atoms with Gasteiger partial charge in [-0.2, -0.15) is 0 Å². The van der Waals surface area contributed by atoms with Crippen LogP contribution in [0, 0.1) is 11.3 Å². The van der Waals surface area contributed by atoms with Gasteiger partial charge in [0.1, 0.15) is 12.4 Å². The van der Waals surface area contributed by atoms with Crippen LogP contribution < -0.4 is 4.74 Å². The van der Waals surface area contributed by atoms with Gasteiger partial charge in [0.25, 0.3) is 0 Å². The second-order valence-electron chi connectivity index (χ2n) is 9.24. The van der Waals surface area contributed by atoms with Crippen molar-refractivity contribution in [3.8, 4) is 5.75 Å². The molecule has 0 spiro atoms. The number of fused-ring (bicyclic) bond motifs is 3. The summed E-state index contributed by atoms with van der Waals surface area (Å²) in [7, 11) is 0. The fourth-order valence-corrected chi connectivity index (χ4v) is 5.37. The summed E-state index contributed by atoms with van der Waals surface area (Å²) in [5.41, 5.74) is 1.76. The molecule has 5 nitrogen and oxygen atoms in total. The first kappa shape index (κ1) is 20.9. The summed E-state index contributed by atoms with van der Waals surface area (Å²) in [5, 5.41) is 9.07. The molecule has 0 unspecified atom stereocenters. The molecule has 4 fully saturated rings. The molecule has 162 valence electrons. The number of ether oxygens (including phenoxy) is 1. The van der Waals surface area contributed by atoms with Gasteiger partial charge in [-0.1, -0.05) is 19.1 Å². The Morgan fingerprint density at radius 3 is 2.23 bits per heavy atom. The number of rotatable bonds is 7. The monoisotopic (exact) mass is 415 g/mol. The zero-order valence-electron chi connectivity index (χ0n) is 17.5. The third kappa shape index (κ3) is 3.61. The highest BCUT2D eigenvalue weighted by Gasteiger charge is 2.55. The van der Waals surface area contributed by atoms with E-state index >= 15 is 0 Å². The second-order valence-corrected chi connectivity index (χ2v) is 9.24. The van der Waals surface area contributed by atoms with E-state index in [9.17, 15) is 14.0 Å². The number of carboxylic acid groups (broad SMARTS) is 1. The van der Waals surface area contributed by atoms with E-state index in [1.54, 1.807) is 4.90 Å². The summed E-state index contributed by atoms with van der Waals surface area (Å²) >= 11 is 0. The minimum Gasteiger partial charge on any atom is -0.489 e. The Morgan fingerprint density at radius 2 is 1.73 bits per heavy atom. The number of carbonyl (C=O) groups excluding carboxylic acids is 1. The Labute approximate surface area is 176 Å². The van der Waals surface area contributed by atoms with Crippen molar-refractivity contribution in [1.82, 2.24) is 4.90 Å². The number of likely N-dealkylation sites (tertiary alicyclic amines) is 1. The lowest BCUT2D eigenvalue weighted by molar-refractivity contribution is -0.162. The molecule has 0 atom stereocenters. The van der Waals surface area contributed by atoms with Crippen molar-refractivity contribution in [1.29, 1.82) is 0 Å². The lowest BCUT2D eigenvalue weighted by Gasteiger charge is -2.55. The molecule has 0 aromatic heterocycles. The molecule has 1 amide bonds. The van der Waals surface area contributed by atoms with Crippen LogP contribution in [0.15, 0.2) is 36.2 Å². The maximum Gasteiger partial charge on any atom is 0.310 e. The first-order valence-electron chi connectivity index (χ1n) is 10.9. The molecule has 1 heterocycles. The fourth-order valence-electron chi connectivity index (χ4n) is 5.37. The smallest absolute Gasteiger partial charge is 0.310 e. The molecule has 1 aromatic carbocycles. The minimum atomic E-state index is -0.804. The largest absolute Gasteiger partial charge is 0.489 e. The highest BCUT2D eigenvalue weighted by molar-refractivity contribution is 5.86. The number of carbonyl (C=O) groups is 2. The summed E-state index contributed by atoms with van der Waals surface area (Å²) < 4.78 is 18.4. The van der Waals surface area contributed by atoms with Crippen molar-refractivity contribution < 1.29 is 23.8 Å². The first-order chi connectivity index (χ1) is 14.4. The molecular weight excluding hydrogens is 385 g/mol. The van der Waals surface area contributed by atoms with Gasteiger partial charge in [0.15, 0.2) is 0 Å². The van der Waals surface area contributed by atoms with Crippen LogP contribution in [-0.4, -0.2) is 41.6 Å². The van der Waals surface area contributed by atoms with Gasteiger partial charge >= 0.3 is 5.97 Å². The molecule has 1 aliphatic heterocycles. The summed E-state index contributed by atoms with van der Waals surface area (Å²) in [6.07, 6.45) is 6.83. The number of aliphatic carboxylic acids is 1. The van der Waals surface area contributed by atoms with Gasteiger partial charge in [0, 0.05) is 18.5 Å². The van der Waals surface area contributed by atoms with Crippen LogP contribution >= 0.6 is 0 Å². The molecule has 3 aliphatic carbocycles. The molecule has 5 rings (SSSR count). The molecule has 0 radical (unpaired) electrons. The molecule has 2 bridgehead atoms. The highest BCUT2D eigenvalue weighted by Crippen LogP contribution is 2.58. The summed E-state index contributed by atoms with van der Waals surface area (Å²) in [6.45, 7) is 2.89. The number of nitrogens with zero attached hydrogens (tertiary/aromatic N) is 1. The van der Waals surface area contributed by atoms with E-state index in [2.05, 4.69) is 12.1 Å². The van der Waals surface area contributed by atoms with Crippen molar-refractivity contribution in [3.63, 3.8) is 0 Å². The highest BCUT2D eigenvalue weighted by atomic mass is 19.1. The van der Waals surface area contributed by atoms with E-state index in [0.29, 0.717) is 31.4 Å². The number of hydrogen-bond donors (Lipinski definition) is 1. The van der Waals surface area contributed by atoms with Crippen molar-refractivity contribution in [2.45, 2.75) is 57.3 Å². The summed E-state index contributed by atoms with van der Waals surface area (Å²) in [4.78, 5) is 25.9. The lowest BCUT2D eigenvalue weighted by Crippen LogP contribution is -2.60. The standard InChI is InChI=1S/C24H30FNO4/c1-2-17(13-25)16-30-20-5-3-19(4-6-20)23-7-10-24(11-8-23,12-9-23)22(29)26-14-18(15-26)21(27)28/h3-6,13,18H,2,7-12,14-16H2,1H3,(H,27,28)/b17-13+. The Balaban J connectivity index is 1.37. The lowest BCUT2D eigenvalue weighted by atomic mass is 9.51. The quantitative estimate of drug-likeness (QED) is 0.714. The average molecular weight is 416 g/mol. The van der Waals surface area contributed by atoms with Gasteiger partial charge in [0.05, 0.1) is 12.2 Å². The van der Waals surface area contributed by atoms with Gasteiger partial charge in [0.2, 0.25) is 5.91 Å². The third-order valence-corrected chi connectivity index (χ3v) is 7.72. The predicted octanol–water partition coefficient (Wildman–Crippen LogP) is 4.46. The van der Waals surface area contributed by atoms with Crippen LogP contribution in [0.2, 0.25) is 0 Å². The van der Waals surface area contributed by atoms with Gasteiger partial charge in [-0.15, -0.1) is 0 Å². The van der Waals surface area contributed by atoms with Gasteiger partial charge in [-0.3, -0.25) is 9.59 Å². The zero-order chi connectivity index (χ0) is 21.4. The Hall–Kier alpha value is -2.37. The van der Waals surface area contributed by atoms with Crippen LogP contribution in [0.5, 0.6) is 5.75 Å². The molecule has 1 saturated heterocycles. The van der Waals surface area contributed by atoms with Gasteiger partial charge < -0.3 is 14.7 Å². The van der Waals surface area contributed by atoms with Crippen LogP contribution in [0.4, 0.5) is 4.39 Å². The number of hydrogen-bond acceptors (Lipinski definition) is 3. The van der Waals surface area contributed by atoms with Crippen LogP contribution in [0.25, 0.3) is 0 Å². The van der Waals surface area contributed by atoms with Crippen LogP contribution in [0.3, 0.4) is 0 Å². The predicted molar refractivity (Wildman–Crippen MR) is 111 cm³/mol. The van der Waals surface area contributed by atoms with E-state index < -0.39 is 11.9 Å². The van der Waals surface area contributed by atoms with Gasteiger partial charge in [-0.25, -0.2) is 4.39 Å². The van der Waals surface area contributed by atoms with E-state index in [1.165, 1.54) is 5.56 Å². The SMILES string of the molecule is CC/C(=C\F)COc1ccc(C23CCC(C(=O)N4CC(C(=O)O)C4)(CC2)CC3)cc1. The summed E-state index contributed by atoms with van der Waals surface area (Å²) in [5.74, 6) is -0.289. The normalized spacial score (nSPS) is 28.9. The van der Waals surface area contributed by atoms with Crippen molar-refractivity contribution >= 4 is 11.9 Å². The van der Waals surface area contributed by atoms with E-state index in [1.807, 2.05) is 19.1 Å². The van der Waals surface area contributed by atoms with Crippen molar-refractivity contribution in [3.05, 3.63) is 41.7 Å². The van der Waals surface area contributed by atoms with Gasteiger partial charge in [-0.05, 0) is 73.6 Å². The van der Waals surface area contributed by atoms with E-state index in [-0.39, 0.29) is 23.3 Å². The number of halogens is 1. The molecule has 30 heavy (non-hydrogen) atoms. The van der Waals surface area contributed by atoms with E-state index in [4.69, 9.17) is 9.84 Å². The molecular formula is C24H30FNO4. The Morgan fingerprint density at radius 1 is 1.13 bits per heavy atom. The molecule has 1 N–H and O–H groups in total. The summed E-state index contributed by atoms with van der Waals surface area (Å²) in [6, 6.07) is 8.16. The maximum absolute atomic E-state index is 13.1. The molecule has 1 aromatic rings. The third-order valence-electron chi connectivity index (χ3n) is 7.72. The number of amides is 1. The average Bonchev–Trinajstić information content (AvgIpc) is 2.75. The minimum absolute atomic E-state index is 0.118. The Bertz CT molecular complexity index is 817. The van der Waals surface area contributed by atoms with Crippen molar-refractivity contribution in [2.75, 3.05) is 19.7 Å². The Kier molecular flexibility index (Phi) is 5.60. The zero-order valence-corrected chi connectivity index (χ0v) is 17.5. The van der Waals surface area contributed by atoms with Crippen LogP contribution in [0.1, 0.15) is 57.4 Å². The topological polar surface area (TPSA) is 66.8 Å². The first-order valence-corrected chi connectivity index (χ1v) is 10.9. The molecule has 6 heteroatoms. The molecule has 3 saturated carbocycles. The number of carboxylic acids is 1.